The standard InChI is InChI=1S/C8H16I/c1-3-9-8(2)6-4-5-7-8/h3-7H2,1-2H3/q-1. The molecule has 0 unspecified atom stereocenters. The van der Waals surface area contributed by atoms with Crippen molar-refractivity contribution in [3.63, 3.8) is 0 Å². The van der Waals surface area contributed by atoms with E-state index < -0.39 is 0 Å². The van der Waals surface area contributed by atoms with E-state index in [1.54, 1.807) is 0 Å². The Morgan fingerprint density at radius 2 is 1.89 bits per heavy atom. The average Bonchev–Trinajstić information content (AvgIpc) is 2.16. The molecule has 1 aliphatic rings. The first-order valence-electron chi connectivity index (χ1n) is 3.87. The zero-order valence-electron chi connectivity index (χ0n) is 6.41. The monoisotopic (exact) mass is 239 g/mol. The Bertz CT molecular complexity index is 82.6. The summed E-state index contributed by atoms with van der Waals surface area (Å²) in [7, 11) is 0. The van der Waals surface area contributed by atoms with Crippen molar-refractivity contribution < 1.29 is 21.2 Å². The number of rotatable bonds is 2. The van der Waals surface area contributed by atoms with Gasteiger partial charge < -0.3 is 0 Å². The van der Waals surface area contributed by atoms with E-state index in [4.69, 9.17) is 0 Å². The Kier molecular flexibility index (Phi) is 2.80. The van der Waals surface area contributed by atoms with Gasteiger partial charge in [0.25, 0.3) is 0 Å². The maximum absolute atomic E-state index is 2.50. The van der Waals surface area contributed by atoms with Crippen LogP contribution in [-0.2, 0) is 0 Å². The number of hydrogen-bond donors (Lipinski definition) is 0. The van der Waals surface area contributed by atoms with E-state index in [1.807, 2.05) is 0 Å². The van der Waals surface area contributed by atoms with Crippen LogP contribution < -0.4 is 21.2 Å². The molecule has 0 heterocycles. The molecule has 0 aromatic rings. The summed E-state index contributed by atoms with van der Waals surface area (Å²) in [6.07, 6.45) is 6.09. The van der Waals surface area contributed by atoms with Crippen molar-refractivity contribution in [2.24, 2.45) is 0 Å². The summed E-state index contributed by atoms with van der Waals surface area (Å²) >= 11 is 0.541. The average molecular weight is 239 g/mol. The molecule has 0 N–H and O–H groups in total. The van der Waals surface area contributed by atoms with E-state index in [0.717, 1.165) is 3.42 Å². The summed E-state index contributed by atoms with van der Waals surface area (Å²) < 4.78 is 2.34. The van der Waals surface area contributed by atoms with Crippen LogP contribution in [0.1, 0.15) is 39.5 Å². The summed E-state index contributed by atoms with van der Waals surface area (Å²) in [5.41, 5.74) is 0. The van der Waals surface area contributed by atoms with Crippen LogP contribution >= 0.6 is 0 Å². The van der Waals surface area contributed by atoms with Gasteiger partial charge in [-0.1, -0.05) is 0 Å². The minimum absolute atomic E-state index is 0.541. The third-order valence-corrected chi connectivity index (χ3v) is 5.79. The van der Waals surface area contributed by atoms with Crippen LogP contribution in [0.25, 0.3) is 0 Å². The van der Waals surface area contributed by atoms with Crippen molar-refractivity contribution in [2.45, 2.75) is 43.0 Å². The van der Waals surface area contributed by atoms with Crippen molar-refractivity contribution in [1.82, 2.24) is 0 Å². The zero-order chi connectivity index (χ0) is 6.74. The summed E-state index contributed by atoms with van der Waals surface area (Å²) in [4.78, 5) is 0. The molecular formula is C8H16I-. The third-order valence-electron chi connectivity index (χ3n) is 2.10. The van der Waals surface area contributed by atoms with Crippen molar-refractivity contribution in [3.8, 4) is 0 Å². The normalized spacial score (nSPS) is 25.1. The van der Waals surface area contributed by atoms with Gasteiger partial charge in [-0.3, -0.25) is 0 Å². The van der Waals surface area contributed by atoms with Gasteiger partial charge in [0.15, 0.2) is 0 Å². The molecular weight excluding hydrogens is 223 g/mol. The molecule has 1 saturated carbocycles. The topological polar surface area (TPSA) is 0 Å². The fraction of sp³-hybridized carbons (Fsp3) is 1.00. The molecule has 1 fully saturated rings. The summed E-state index contributed by atoms with van der Waals surface area (Å²) in [6, 6.07) is 0. The molecule has 0 atom stereocenters. The molecule has 1 rings (SSSR count). The van der Waals surface area contributed by atoms with Gasteiger partial charge in [0.2, 0.25) is 0 Å². The second-order valence-electron chi connectivity index (χ2n) is 3.02. The predicted molar refractivity (Wildman–Crippen MR) is 37.4 cm³/mol. The van der Waals surface area contributed by atoms with Crippen LogP contribution in [0, 0.1) is 0 Å². The Morgan fingerprint density at radius 3 is 2.33 bits per heavy atom. The maximum atomic E-state index is 2.50. The zero-order valence-corrected chi connectivity index (χ0v) is 8.57. The van der Waals surface area contributed by atoms with E-state index in [2.05, 4.69) is 13.8 Å². The first-order chi connectivity index (χ1) is 4.27. The van der Waals surface area contributed by atoms with E-state index in [0.29, 0.717) is 21.2 Å². The SMILES string of the molecule is CC[I-]C1(C)CCCC1. The molecule has 0 radical (unpaired) electrons. The fourth-order valence-corrected chi connectivity index (χ4v) is 4.94. The van der Waals surface area contributed by atoms with Gasteiger partial charge in [-0.25, -0.2) is 0 Å². The second-order valence-corrected chi connectivity index (χ2v) is 7.91. The van der Waals surface area contributed by atoms with Gasteiger partial charge in [0, 0.05) is 0 Å². The van der Waals surface area contributed by atoms with Gasteiger partial charge in [-0.2, -0.15) is 0 Å². The molecule has 0 aromatic carbocycles. The molecule has 0 spiro atoms. The van der Waals surface area contributed by atoms with Gasteiger partial charge in [0.05, 0.1) is 0 Å². The second kappa shape index (κ2) is 3.22. The Labute approximate surface area is 68.7 Å². The van der Waals surface area contributed by atoms with Crippen LogP contribution in [0.15, 0.2) is 0 Å². The van der Waals surface area contributed by atoms with Gasteiger partial charge in [-0.15, -0.1) is 0 Å². The van der Waals surface area contributed by atoms with E-state index in [9.17, 15) is 0 Å². The van der Waals surface area contributed by atoms with Crippen molar-refractivity contribution in [2.75, 3.05) is 4.43 Å². The molecule has 0 nitrogen and oxygen atoms in total. The quantitative estimate of drug-likeness (QED) is 0.447. The van der Waals surface area contributed by atoms with Crippen LogP contribution in [0.3, 0.4) is 0 Å². The predicted octanol–water partition coefficient (Wildman–Crippen LogP) is -0.572. The van der Waals surface area contributed by atoms with Crippen LogP contribution in [-0.4, -0.2) is 7.85 Å². The van der Waals surface area contributed by atoms with Crippen LogP contribution in [0.5, 0.6) is 0 Å². The fourth-order valence-electron chi connectivity index (χ4n) is 1.57. The van der Waals surface area contributed by atoms with Crippen molar-refractivity contribution in [1.29, 1.82) is 0 Å². The molecule has 0 saturated heterocycles. The van der Waals surface area contributed by atoms with Gasteiger partial charge in [-0.05, 0) is 0 Å². The Morgan fingerprint density at radius 1 is 1.33 bits per heavy atom. The first-order valence-corrected chi connectivity index (χ1v) is 6.47. The van der Waals surface area contributed by atoms with Crippen molar-refractivity contribution in [3.05, 3.63) is 0 Å². The van der Waals surface area contributed by atoms with E-state index in [-0.39, 0.29) is 0 Å². The number of halogens is 1. The third kappa shape index (κ3) is 2.10. The molecule has 0 aliphatic heterocycles. The molecule has 56 valence electrons. The van der Waals surface area contributed by atoms with Gasteiger partial charge >= 0.3 is 68.6 Å². The molecule has 1 aliphatic carbocycles. The molecule has 9 heavy (non-hydrogen) atoms. The first kappa shape index (κ1) is 7.83. The van der Waals surface area contributed by atoms with E-state index in [1.165, 1.54) is 30.1 Å². The van der Waals surface area contributed by atoms with Crippen LogP contribution in [0.4, 0.5) is 0 Å². The Balaban J connectivity index is 2.32. The number of alkyl halides is 2. The molecule has 0 amide bonds. The summed E-state index contributed by atoms with van der Waals surface area (Å²) in [5, 5.41) is 0. The molecule has 0 bridgehead atoms. The molecule has 1 heteroatoms. The van der Waals surface area contributed by atoms with Crippen molar-refractivity contribution >= 4 is 0 Å². The van der Waals surface area contributed by atoms with Crippen LogP contribution in [0.2, 0.25) is 0 Å². The Hall–Kier alpha value is 0.730. The van der Waals surface area contributed by atoms with E-state index >= 15 is 0 Å². The summed E-state index contributed by atoms with van der Waals surface area (Å²) in [5.74, 6) is 0. The molecule has 0 aromatic heterocycles. The minimum atomic E-state index is 0.541. The summed E-state index contributed by atoms with van der Waals surface area (Å²) in [6.45, 7) is 4.84. The number of hydrogen-bond acceptors (Lipinski definition) is 0. The van der Waals surface area contributed by atoms with Gasteiger partial charge in [0.1, 0.15) is 0 Å².